The van der Waals surface area contributed by atoms with E-state index in [1.165, 1.54) is 27.3 Å². The molecule has 2 aromatic rings. The van der Waals surface area contributed by atoms with Crippen LogP contribution in [-0.2, 0) is 4.84 Å². The van der Waals surface area contributed by atoms with Gasteiger partial charge in [0.15, 0.2) is 12.0 Å². The summed E-state index contributed by atoms with van der Waals surface area (Å²) in [5.41, 5.74) is 1.44. The van der Waals surface area contributed by atoms with E-state index in [-0.39, 0.29) is 18.0 Å². The first-order chi connectivity index (χ1) is 13.5. The lowest BCUT2D eigenvalue weighted by Crippen LogP contribution is -2.28. The van der Waals surface area contributed by atoms with Crippen LogP contribution >= 0.6 is 0 Å². The molecule has 0 saturated carbocycles. The number of aromatic nitrogens is 2. The van der Waals surface area contributed by atoms with Crippen LogP contribution in [0.4, 0.5) is 0 Å². The van der Waals surface area contributed by atoms with E-state index in [1.807, 2.05) is 0 Å². The summed E-state index contributed by atoms with van der Waals surface area (Å²) in [6.45, 7) is 3.75. The van der Waals surface area contributed by atoms with Gasteiger partial charge in [0.05, 0.1) is 32.2 Å². The molecule has 0 aliphatic rings. The second kappa shape index (κ2) is 9.98. The Labute approximate surface area is 163 Å². The highest BCUT2D eigenvalue weighted by Gasteiger charge is 2.19. The number of carbonyl (C=O) groups excluding carboxylic acids is 2. The minimum Gasteiger partial charge on any atom is -0.494 e. The van der Waals surface area contributed by atoms with Crippen molar-refractivity contribution < 1.29 is 23.9 Å². The Morgan fingerprint density at radius 2 is 1.79 bits per heavy atom. The molecule has 0 fully saturated rings. The molecule has 2 heterocycles. The third-order valence-corrected chi connectivity index (χ3v) is 3.69. The number of amides is 1. The fraction of sp³-hybridized carbons (Fsp3) is 0.200. The van der Waals surface area contributed by atoms with Crippen molar-refractivity contribution in [1.29, 1.82) is 0 Å². The van der Waals surface area contributed by atoms with Crippen LogP contribution in [0.3, 0.4) is 0 Å². The third-order valence-electron chi connectivity index (χ3n) is 3.69. The molecule has 0 bridgehead atoms. The number of rotatable bonds is 9. The molecule has 28 heavy (non-hydrogen) atoms. The van der Waals surface area contributed by atoms with E-state index in [0.717, 1.165) is 5.06 Å². The van der Waals surface area contributed by atoms with E-state index in [0.29, 0.717) is 29.2 Å². The first-order valence-corrected chi connectivity index (χ1v) is 8.29. The predicted molar refractivity (Wildman–Crippen MR) is 104 cm³/mol. The summed E-state index contributed by atoms with van der Waals surface area (Å²) in [6, 6.07) is 6.69. The molecule has 0 spiro atoms. The molecule has 1 amide bonds. The summed E-state index contributed by atoms with van der Waals surface area (Å²) in [4.78, 5) is 37.3. The van der Waals surface area contributed by atoms with Gasteiger partial charge in [0, 0.05) is 7.05 Å². The van der Waals surface area contributed by atoms with Gasteiger partial charge >= 0.3 is 0 Å². The van der Waals surface area contributed by atoms with Gasteiger partial charge in [0.25, 0.3) is 5.91 Å². The fourth-order valence-electron chi connectivity index (χ4n) is 2.25. The minimum atomic E-state index is -0.459. The second-order valence-electron chi connectivity index (χ2n) is 5.43. The summed E-state index contributed by atoms with van der Waals surface area (Å²) in [7, 11) is 4.41. The van der Waals surface area contributed by atoms with Crippen LogP contribution in [0.1, 0.15) is 32.4 Å². The van der Waals surface area contributed by atoms with Crippen LogP contribution in [0.25, 0.3) is 12.2 Å². The van der Waals surface area contributed by atoms with Crippen LogP contribution in [0.2, 0.25) is 0 Å². The van der Waals surface area contributed by atoms with E-state index in [2.05, 4.69) is 16.5 Å². The highest BCUT2D eigenvalue weighted by molar-refractivity contribution is 5.94. The van der Waals surface area contributed by atoms with Gasteiger partial charge in [-0.1, -0.05) is 12.7 Å². The Morgan fingerprint density at radius 3 is 2.43 bits per heavy atom. The van der Waals surface area contributed by atoms with Gasteiger partial charge < -0.3 is 9.47 Å². The zero-order valence-corrected chi connectivity index (χ0v) is 15.9. The smallest absolute Gasteiger partial charge is 0.299 e. The average molecular weight is 383 g/mol. The van der Waals surface area contributed by atoms with Crippen molar-refractivity contribution in [3.63, 3.8) is 0 Å². The maximum Gasteiger partial charge on any atom is 0.299 e. The summed E-state index contributed by atoms with van der Waals surface area (Å²) in [5.74, 6) is 0.280. The van der Waals surface area contributed by atoms with Crippen LogP contribution < -0.4 is 9.47 Å². The van der Waals surface area contributed by atoms with Crippen LogP contribution in [0.15, 0.2) is 36.9 Å². The molecule has 8 nitrogen and oxygen atoms in total. The van der Waals surface area contributed by atoms with Crippen molar-refractivity contribution in [2.75, 3.05) is 27.9 Å². The summed E-state index contributed by atoms with van der Waals surface area (Å²) < 4.78 is 10.2. The van der Waals surface area contributed by atoms with Gasteiger partial charge in [-0.3, -0.25) is 14.4 Å². The van der Waals surface area contributed by atoms with Gasteiger partial charge in [-0.15, -0.1) is 0 Å². The molecule has 8 heteroatoms. The topological polar surface area (TPSA) is 90.8 Å². The molecule has 0 aliphatic heterocycles. The van der Waals surface area contributed by atoms with Gasteiger partial charge in [-0.2, -0.15) is 0 Å². The number of carbonyl (C=O) groups is 2. The summed E-state index contributed by atoms with van der Waals surface area (Å²) in [6.07, 6.45) is 5.49. The Kier molecular flexibility index (Phi) is 7.41. The minimum absolute atomic E-state index is 0.107. The number of nitrogens with zero attached hydrogens (tertiary/aromatic N) is 3. The number of ether oxygens (including phenoxy) is 2. The van der Waals surface area contributed by atoms with Crippen LogP contribution in [-0.4, -0.2) is 55.1 Å². The Bertz CT molecular complexity index is 895. The maximum atomic E-state index is 12.5. The Hall–Kier alpha value is -3.52. The molecule has 0 aromatic carbocycles. The Balaban J connectivity index is 2.01. The van der Waals surface area contributed by atoms with Gasteiger partial charge in [0.2, 0.25) is 0 Å². The number of pyridine rings is 2. The van der Waals surface area contributed by atoms with E-state index in [1.54, 1.807) is 36.4 Å². The van der Waals surface area contributed by atoms with Crippen molar-refractivity contribution in [3.8, 4) is 11.5 Å². The highest BCUT2D eigenvalue weighted by Crippen LogP contribution is 2.19. The number of aldehydes is 1. The number of hydrogen-bond donors (Lipinski definition) is 0. The standard InChI is InChI=1S/C20H21N3O5/c1-5-14-8-11-18(27-4)19(22-14)20(25)23(2)28-12-6-7-15-9-10-17(26-3)16(13-24)21-15/h5-11,13H,1,12H2,2-4H3/b7-6+. The highest BCUT2D eigenvalue weighted by atomic mass is 16.7. The molecule has 0 saturated heterocycles. The van der Waals surface area contributed by atoms with E-state index < -0.39 is 5.91 Å². The lowest BCUT2D eigenvalue weighted by atomic mass is 10.2. The van der Waals surface area contributed by atoms with E-state index >= 15 is 0 Å². The number of hydrogen-bond acceptors (Lipinski definition) is 7. The Morgan fingerprint density at radius 1 is 1.11 bits per heavy atom. The molecule has 0 atom stereocenters. The van der Waals surface area contributed by atoms with Gasteiger partial charge in [0.1, 0.15) is 17.2 Å². The van der Waals surface area contributed by atoms with Gasteiger partial charge in [-0.25, -0.2) is 15.0 Å². The van der Waals surface area contributed by atoms with E-state index in [4.69, 9.17) is 14.3 Å². The van der Waals surface area contributed by atoms with Gasteiger partial charge in [-0.05, 0) is 36.4 Å². The molecule has 2 aromatic heterocycles. The first-order valence-electron chi connectivity index (χ1n) is 8.29. The molecule has 0 radical (unpaired) electrons. The lowest BCUT2D eigenvalue weighted by Gasteiger charge is -2.17. The normalized spacial score (nSPS) is 10.5. The SMILES string of the molecule is C=Cc1ccc(OC)c(C(=O)N(C)OC/C=C/c2ccc(OC)c(C=O)n2)n1. The van der Waals surface area contributed by atoms with Crippen molar-refractivity contribution in [2.24, 2.45) is 0 Å². The third kappa shape index (κ3) is 5.01. The zero-order chi connectivity index (χ0) is 20.5. The summed E-state index contributed by atoms with van der Waals surface area (Å²) >= 11 is 0. The zero-order valence-electron chi connectivity index (χ0n) is 15.9. The van der Waals surface area contributed by atoms with Crippen molar-refractivity contribution in [1.82, 2.24) is 15.0 Å². The van der Waals surface area contributed by atoms with Crippen molar-refractivity contribution in [3.05, 3.63) is 59.7 Å². The second-order valence-corrected chi connectivity index (χ2v) is 5.43. The van der Waals surface area contributed by atoms with E-state index in [9.17, 15) is 9.59 Å². The molecule has 0 unspecified atom stereocenters. The van der Waals surface area contributed by atoms with Crippen LogP contribution in [0, 0.1) is 0 Å². The molecule has 0 aliphatic carbocycles. The average Bonchev–Trinajstić information content (AvgIpc) is 2.75. The molecule has 146 valence electrons. The fourth-order valence-corrected chi connectivity index (χ4v) is 2.25. The lowest BCUT2D eigenvalue weighted by molar-refractivity contribution is -0.0935. The molecular weight excluding hydrogens is 362 g/mol. The largest absolute Gasteiger partial charge is 0.494 e. The first kappa shape index (κ1) is 20.8. The molecular formula is C20H21N3O5. The summed E-state index contributed by atoms with van der Waals surface area (Å²) in [5, 5.41) is 1.07. The van der Waals surface area contributed by atoms with Crippen molar-refractivity contribution >= 4 is 24.3 Å². The van der Waals surface area contributed by atoms with Crippen LogP contribution in [0.5, 0.6) is 11.5 Å². The molecule has 0 N–H and O–H groups in total. The quantitative estimate of drug-likeness (QED) is 0.486. The molecule has 2 rings (SSSR count). The predicted octanol–water partition coefficient (Wildman–Crippen LogP) is 2.67. The monoisotopic (exact) mass is 383 g/mol. The number of hydroxylamine groups is 2. The van der Waals surface area contributed by atoms with Crippen molar-refractivity contribution in [2.45, 2.75) is 0 Å². The number of methoxy groups -OCH3 is 2. The maximum absolute atomic E-state index is 12.5.